The highest BCUT2D eigenvalue weighted by molar-refractivity contribution is 7.14. The van der Waals surface area contributed by atoms with Crippen LogP contribution in [0.15, 0.2) is 22.5 Å². The normalized spacial score (nSPS) is 16.0. The molecule has 1 aromatic rings. The van der Waals surface area contributed by atoms with E-state index in [1.54, 1.807) is 7.11 Å². The van der Waals surface area contributed by atoms with E-state index in [-0.39, 0.29) is 0 Å². The Morgan fingerprint density at radius 3 is 2.74 bits per heavy atom. The maximum atomic E-state index is 5.08. The molecule has 23 heavy (non-hydrogen) atoms. The number of nitrogens with zero attached hydrogens (tertiary/aromatic N) is 3. The molecule has 1 N–H and O–H groups in total. The Morgan fingerprint density at radius 1 is 1.26 bits per heavy atom. The molecule has 0 amide bonds. The van der Waals surface area contributed by atoms with Gasteiger partial charge in [-0.2, -0.15) is 0 Å². The lowest BCUT2D eigenvalue weighted by molar-refractivity contribution is 0.192. The molecule has 0 radical (unpaired) electrons. The average molecular weight is 339 g/mol. The monoisotopic (exact) mass is 338 g/mol. The van der Waals surface area contributed by atoms with Crippen LogP contribution in [0.1, 0.15) is 26.2 Å². The van der Waals surface area contributed by atoms with E-state index in [4.69, 9.17) is 9.73 Å². The molecule has 0 bridgehead atoms. The number of piperazine rings is 1. The molecular formula is C17H30N4OS. The first kappa shape index (κ1) is 18.1. The lowest BCUT2D eigenvalue weighted by Gasteiger charge is -2.37. The summed E-state index contributed by atoms with van der Waals surface area (Å²) in [6, 6.07) is 4.33. The van der Waals surface area contributed by atoms with Crippen LogP contribution in [0, 0.1) is 0 Å². The Morgan fingerprint density at radius 2 is 2.09 bits per heavy atom. The van der Waals surface area contributed by atoms with E-state index in [0.717, 1.165) is 64.7 Å². The summed E-state index contributed by atoms with van der Waals surface area (Å²) in [5.41, 5.74) is 0. The molecule has 1 aliphatic rings. The van der Waals surface area contributed by atoms with Crippen molar-refractivity contribution in [1.82, 2.24) is 10.2 Å². The summed E-state index contributed by atoms with van der Waals surface area (Å²) in [6.07, 6.45) is 3.44. The summed E-state index contributed by atoms with van der Waals surface area (Å²) in [6.45, 7) is 9.02. The van der Waals surface area contributed by atoms with Crippen molar-refractivity contribution in [3.63, 3.8) is 0 Å². The highest BCUT2D eigenvalue weighted by Gasteiger charge is 2.20. The minimum atomic E-state index is 0.856. The van der Waals surface area contributed by atoms with Gasteiger partial charge in [-0.3, -0.25) is 4.99 Å². The highest BCUT2D eigenvalue weighted by atomic mass is 32.1. The summed E-state index contributed by atoms with van der Waals surface area (Å²) >= 11 is 1.82. The molecule has 0 atom stereocenters. The van der Waals surface area contributed by atoms with Crippen LogP contribution in [-0.2, 0) is 4.74 Å². The molecule has 0 saturated carbocycles. The molecule has 0 aliphatic carbocycles. The van der Waals surface area contributed by atoms with Gasteiger partial charge in [0.25, 0.3) is 0 Å². The summed E-state index contributed by atoms with van der Waals surface area (Å²) in [5.74, 6) is 1.07. The maximum absolute atomic E-state index is 5.08. The first-order chi connectivity index (χ1) is 11.3. The predicted molar refractivity (Wildman–Crippen MR) is 99.8 cm³/mol. The number of methoxy groups -OCH3 is 1. The lowest BCUT2D eigenvalue weighted by atomic mass is 10.2. The molecule has 5 nitrogen and oxygen atoms in total. The molecule has 0 unspecified atom stereocenters. The highest BCUT2D eigenvalue weighted by Crippen LogP contribution is 2.22. The van der Waals surface area contributed by atoms with Gasteiger partial charge >= 0.3 is 0 Å². The number of rotatable bonds is 8. The van der Waals surface area contributed by atoms with Crippen molar-refractivity contribution in [2.24, 2.45) is 4.99 Å². The van der Waals surface area contributed by atoms with Crippen molar-refractivity contribution in [1.29, 1.82) is 0 Å². The fourth-order valence-electron chi connectivity index (χ4n) is 2.73. The standard InChI is InChI=1S/C17H30N4OS/c1-3-18-17(19-9-5-4-6-14-22-2)21-12-10-20(11-13-21)16-8-7-15-23-16/h7-8,15H,3-6,9-14H2,1-2H3,(H,18,19). The Hall–Kier alpha value is -1.27. The van der Waals surface area contributed by atoms with Gasteiger partial charge in [-0.05, 0) is 43.7 Å². The molecular weight excluding hydrogens is 308 g/mol. The van der Waals surface area contributed by atoms with Gasteiger partial charge in [0.2, 0.25) is 0 Å². The van der Waals surface area contributed by atoms with E-state index in [2.05, 4.69) is 39.6 Å². The second kappa shape index (κ2) is 10.5. The number of hydrogen-bond donors (Lipinski definition) is 1. The van der Waals surface area contributed by atoms with Crippen LogP contribution in [0.2, 0.25) is 0 Å². The number of unbranched alkanes of at least 4 members (excludes halogenated alkanes) is 2. The van der Waals surface area contributed by atoms with Crippen molar-refractivity contribution < 1.29 is 4.74 Å². The van der Waals surface area contributed by atoms with Gasteiger partial charge in [0.15, 0.2) is 5.96 Å². The number of anilines is 1. The summed E-state index contributed by atoms with van der Waals surface area (Å²) in [7, 11) is 1.76. The largest absolute Gasteiger partial charge is 0.385 e. The lowest BCUT2D eigenvalue weighted by Crippen LogP contribution is -2.52. The van der Waals surface area contributed by atoms with Crippen molar-refractivity contribution in [2.45, 2.75) is 26.2 Å². The maximum Gasteiger partial charge on any atom is 0.194 e. The van der Waals surface area contributed by atoms with Crippen LogP contribution in [-0.4, -0.2) is 63.8 Å². The third-order valence-electron chi connectivity index (χ3n) is 4.00. The van der Waals surface area contributed by atoms with Crippen LogP contribution < -0.4 is 10.2 Å². The summed E-state index contributed by atoms with van der Waals surface area (Å²) in [5, 5.41) is 6.97. The van der Waals surface area contributed by atoms with Gasteiger partial charge < -0.3 is 19.9 Å². The minimum Gasteiger partial charge on any atom is -0.385 e. The average Bonchev–Trinajstić information content (AvgIpc) is 3.12. The smallest absolute Gasteiger partial charge is 0.194 e. The van der Waals surface area contributed by atoms with Crippen molar-refractivity contribution in [3.8, 4) is 0 Å². The topological polar surface area (TPSA) is 40.1 Å². The van der Waals surface area contributed by atoms with Gasteiger partial charge in [0.1, 0.15) is 0 Å². The number of ether oxygens (including phenoxy) is 1. The zero-order chi connectivity index (χ0) is 16.3. The zero-order valence-electron chi connectivity index (χ0n) is 14.5. The van der Waals surface area contributed by atoms with Crippen molar-refractivity contribution >= 4 is 22.3 Å². The Labute approximate surface area is 144 Å². The molecule has 1 aliphatic heterocycles. The minimum absolute atomic E-state index is 0.856. The number of thiophene rings is 1. The van der Waals surface area contributed by atoms with E-state index in [1.165, 1.54) is 11.4 Å². The molecule has 1 aromatic heterocycles. The number of aliphatic imine (C=N–C) groups is 1. The van der Waals surface area contributed by atoms with Gasteiger partial charge in [-0.15, -0.1) is 11.3 Å². The van der Waals surface area contributed by atoms with E-state index < -0.39 is 0 Å². The van der Waals surface area contributed by atoms with E-state index in [0.29, 0.717) is 0 Å². The SMILES string of the molecule is CCNC(=NCCCCCOC)N1CCN(c2cccs2)CC1. The van der Waals surface area contributed by atoms with E-state index in [1.807, 2.05) is 11.3 Å². The summed E-state index contributed by atoms with van der Waals surface area (Å²) in [4.78, 5) is 9.66. The van der Waals surface area contributed by atoms with Crippen LogP contribution in [0.25, 0.3) is 0 Å². The molecule has 1 fully saturated rings. The van der Waals surface area contributed by atoms with Crippen LogP contribution in [0.3, 0.4) is 0 Å². The third kappa shape index (κ3) is 6.03. The van der Waals surface area contributed by atoms with Gasteiger partial charge in [0.05, 0.1) is 5.00 Å². The van der Waals surface area contributed by atoms with Crippen molar-refractivity contribution in [2.75, 3.05) is 57.9 Å². The Bertz CT molecular complexity index is 441. The van der Waals surface area contributed by atoms with Gasteiger partial charge in [0, 0.05) is 53.0 Å². The van der Waals surface area contributed by atoms with Crippen LogP contribution >= 0.6 is 11.3 Å². The number of guanidine groups is 1. The van der Waals surface area contributed by atoms with E-state index in [9.17, 15) is 0 Å². The second-order valence-corrected chi connectivity index (χ2v) is 6.64. The first-order valence-corrected chi connectivity index (χ1v) is 9.53. The third-order valence-corrected chi connectivity index (χ3v) is 4.93. The summed E-state index contributed by atoms with van der Waals surface area (Å²) < 4.78 is 5.08. The molecule has 0 aromatic carbocycles. The number of hydrogen-bond acceptors (Lipinski definition) is 4. The molecule has 2 rings (SSSR count). The Balaban J connectivity index is 1.77. The number of nitrogens with one attached hydrogen (secondary N) is 1. The fraction of sp³-hybridized carbons (Fsp3) is 0.706. The molecule has 6 heteroatoms. The molecule has 1 saturated heterocycles. The quantitative estimate of drug-likeness (QED) is 0.449. The molecule has 130 valence electrons. The van der Waals surface area contributed by atoms with E-state index >= 15 is 0 Å². The van der Waals surface area contributed by atoms with Crippen LogP contribution in [0.5, 0.6) is 0 Å². The van der Waals surface area contributed by atoms with Crippen molar-refractivity contribution in [3.05, 3.63) is 17.5 Å². The van der Waals surface area contributed by atoms with Crippen LogP contribution in [0.4, 0.5) is 5.00 Å². The second-order valence-electron chi connectivity index (χ2n) is 5.71. The molecule has 2 heterocycles. The fourth-order valence-corrected chi connectivity index (χ4v) is 3.52. The zero-order valence-corrected chi connectivity index (χ0v) is 15.3. The van der Waals surface area contributed by atoms with Gasteiger partial charge in [-0.1, -0.05) is 0 Å². The first-order valence-electron chi connectivity index (χ1n) is 8.65. The predicted octanol–water partition coefficient (Wildman–Crippen LogP) is 2.65. The molecule has 0 spiro atoms. The van der Waals surface area contributed by atoms with Gasteiger partial charge in [-0.25, -0.2) is 0 Å². The Kier molecular flexibility index (Phi) is 8.25.